The van der Waals surface area contributed by atoms with Crippen LogP contribution in [0.25, 0.3) is 0 Å². The van der Waals surface area contributed by atoms with E-state index in [1.54, 1.807) is 12.1 Å². The third kappa shape index (κ3) is 3.44. The van der Waals surface area contributed by atoms with Crippen LogP contribution in [0.3, 0.4) is 0 Å². The van der Waals surface area contributed by atoms with Gasteiger partial charge >= 0.3 is 0 Å². The molecule has 18 heavy (non-hydrogen) atoms. The van der Waals surface area contributed by atoms with E-state index >= 15 is 0 Å². The summed E-state index contributed by atoms with van der Waals surface area (Å²) >= 11 is 0. The van der Waals surface area contributed by atoms with E-state index in [1.165, 1.54) is 12.1 Å². The largest absolute Gasteiger partial charge is 0.393 e. The lowest BCUT2D eigenvalue weighted by atomic mass is 9.75. The van der Waals surface area contributed by atoms with Gasteiger partial charge in [-0.25, -0.2) is 4.39 Å². The van der Waals surface area contributed by atoms with Crippen molar-refractivity contribution in [1.29, 1.82) is 0 Å². The van der Waals surface area contributed by atoms with Gasteiger partial charge in [0.1, 0.15) is 5.82 Å². The predicted molar refractivity (Wildman–Crippen MR) is 73.4 cm³/mol. The highest BCUT2D eigenvalue weighted by Crippen LogP contribution is 2.35. The van der Waals surface area contributed by atoms with E-state index in [-0.39, 0.29) is 36.2 Å². The van der Waals surface area contributed by atoms with Gasteiger partial charge in [-0.3, -0.25) is 0 Å². The molecule has 3 atom stereocenters. The molecule has 1 aromatic rings. The van der Waals surface area contributed by atoms with Crippen LogP contribution >= 0.6 is 12.4 Å². The molecule has 4 heteroatoms. The van der Waals surface area contributed by atoms with Crippen LogP contribution in [0.2, 0.25) is 0 Å². The number of aliphatic hydroxyl groups is 1. The molecule has 2 nitrogen and oxygen atoms in total. The Morgan fingerprint density at radius 2 is 1.83 bits per heavy atom. The highest BCUT2D eigenvalue weighted by molar-refractivity contribution is 5.85. The Morgan fingerprint density at radius 1 is 1.22 bits per heavy atom. The zero-order valence-corrected chi connectivity index (χ0v) is 11.2. The number of hydrogen-bond acceptors (Lipinski definition) is 2. The maximum absolute atomic E-state index is 12.9. The molecule has 0 heterocycles. The van der Waals surface area contributed by atoms with Crippen molar-refractivity contribution in [2.45, 2.75) is 37.7 Å². The number of halogens is 2. The van der Waals surface area contributed by atoms with Gasteiger partial charge in [0.15, 0.2) is 0 Å². The van der Waals surface area contributed by atoms with E-state index in [0.717, 1.165) is 31.2 Å². The molecule has 0 unspecified atom stereocenters. The first kappa shape index (κ1) is 15.4. The van der Waals surface area contributed by atoms with Gasteiger partial charge in [-0.1, -0.05) is 25.0 Å². The second kappa shape index (κ2) is 7.07. The minimum Gasteiger partial charge on any atom is -0.393 e. The Labute approximate surface area is 114 Å². The molecule has 0 spiro atoms. The molecule has 1 saturated carbocycles. The Kier molecular flexibility index (Phi) is 6.06. The third-order valence-electron chi connectivity index (χ3n) is 3.85. The van der Waals surface area contributed by atoms with Gasteiger partial charge in [0, 0.05) is 5.92 Å². The quantitative estimate of drug-likeness (QED) is 0.890. The van der Waals surface area contributed by atoms with Crippen LogP contribution in [0.1, 0.15) is 37.2 Å². The minimum atomic E-state index is -0.262. The molecule has 1 aliphatic rings. The maximum atomic E-state index is 12.9. The summed E-state index contributed by atoms with van der Waals surface area (Å²) in [6, 6.07) is 6.50. The standard InChI is InChI=1S/C14H20FNO.ClH/c15-11-7-5-10(6-8-11)13(9-16)12-3-1-2-4-14(12)17;/h5-8,12-14,17H,1-4,9,16H2;1H/t12-,13+,14+;/m1./s1. The molecular formula is C14H21ClFNO. The second-order valence-electron chi connectivity index (χ2n) is 4.91. The molecule has 2 rings (SSSR count). The van der Waals surface area contributed by atoms with E-state index in [4.69, 9.17) is 5.73 Å². The smallest absolute Gasteiger partial charge is 0.123 e. The van der Waals surface area contributed by atoms with E-state index in [1.807, 2.05) is 0 Å². The zero-order valence-electron chi connectivity index (χ0n) is 10.4. The summed E-state index contributed by atoms with van der Waals surface area (Å²) in [6.07, 6.45) is 3.86. The number of aliphatic hydroxyl groups excluding tert-OH is 1. The van der Waals surface area contributed by atoms with Crippen molar-refractivity contribution >= 4 is 12.4 Å². The molecule has 1 fully saturated rings. The lowest BCUT2D eigenvalue weighted by Crippen LogP contribution is -2.33. The second-order valence-corrected chi connectivity index (χ2v) is 4.91. The topological polar surface area (TPSA) is 46.2 Å². The lowest BCUT2D eigenvalue weighted by molar-refractivity contribution is 0.0561. The van der Waals surface area contributed by atoms with Crippen molar-refractivity contribution in [3.05, 3.63) is 35.6 Å². The first-order chi connectivity index (χ1) is 8.22. The van der Waals surface area contributed by atoms with Crippen molar-refractivity contribution in [2.75, 3.05) is 6.54 Å². The van der Waals surface area contributed by atoms with Gasteiger partial charge in [-0.15, -0.1) is 12.4 Å². The lowest BCUT2D eigenvalue weighted by Gasteiger charge is -2.34. The zero-order chi connectivity index (χ0) is 12.3. The van der Waals surface area contributed by atoms with Crippen LogP contribution in [-0.2, 0) is 0 Å². The molecule has 0 saturated heterocycles. The molecule has 102 valence electrons. The van der Waals surface area contributed by atoms with Crippen LogP contribution in [-0.4, -0.2) is 17.8 Å². The van der Waals surface area contributed by atoms with Crippen molar-refractivity contribution in [3.8, 4) is 0 Å². The fourth-order valence-corrected chi connectivity index (χ4v) is 2.88. The van der Waals surface area contributed by atoms with E-state index < -0.39 is 0 Å². The van der Waals surface area contributed by atoms with Gasteiger partial charge in [0.05, 0.1) is 6.10 Å². The van der Waals surface area contributed by atoms with Gasteiger partial charge < -0.3 is 10.8 Å². The van der Waals surface area contributed by atoms with Crippen molar-refractivity contribution in [2.24, 2.45) is 11.7 Å². The fourth-order valence-electron chi connectivity index (χ4n) is 2.88. The summed E-state index contributed by atoms with van der Waals surface area (Å²) in [5.41, 5.74) is 6.87. The average Bonchev–Trinajstić information content (AvgIpc) is 2.35. The van der Waals surface area contributed by atoms with E-state index in [0.29, 0.717) is 6.54 Å². The SMILES string of the molecule is Cl.NC[C@@H](c1ccc(F)cc1)[C@H]1CCCC[C@@H]1O. The van der Waals surface area contributed by atoms with Crippen LogP contribution in [0.5, 0.6) is 0 Å². The van der Waals surface area contributed by atoms with E-state index in [2.05, 4.69) is 0 Å². The Morgan fingerprint density at radius 3 is 2.39 bits per heavy atom. The summed E-state index contributed by atoms with van der Waals surface area (Å²) in [4.78, 5) is 0. The molecule has 3 N–H and O–H groups in total. The van der Waals surface area contributed by atoms with Gasteiger partial charge in [0.2, 0.25) is 0 Å². The van der Waals surface area contributed by atoms with Crippen LogP contribution < -0.4 is 5.73 Å². The predicted octanol–water partition coefficient (Wildman–Crippen LogP) is 2.84. The molecule has 1 aliphatic carbocycles. The molecular weight excluding hydrogens is 253 g/mol. The first-order valence-electron chi connectivity index (χ1n) is 6.36. The summed E-state index contributed by atoms with van der Waals surface area (Å²) in [6.45, 7) is 0.507. The van der Waals surface area contributed by atoms with Gasteiger partial charge in [-0.05, 0) is 43.0 Å². The fraction of sp³-hybridized carbons (Fsp3) is 0.571. The van der Waals surface area contributed by atoms with Crippen LogP contribution in [0, 0.1) is 11.7 Å². The van der Waals surface area contributed by atoms with Gasteiger partial charge in [-0.2, -0.15) is 0 Å². The van der Waals surface area contributed by atoms with Crippen LogP contribution in [0.15, 0.2) is 24.3 Å². The number of rotatable bonds is 3. The average molecular weight is 274 g/mol. The molecule has 0 aromatic heterocycles. The normalized spacial score (nSPS) is 25.3. The summed E-state index contributed by atoms with van der Waals surface area (Å²) in [5.74, 6) is 0.138. The van der Waals surface area contributed by atoms with Crippen molar-refractivity contribution in [3.63, 3.8) is 0 Å². The molecule has 0 bridgehead atoms. The number of nitrogens with two attached hydrogens (primary N) is 1. The molecule has 0 radical (unpaired) electrons. The third-order valence-corrected chi connectivity index (χ3v) is 3.85. The minimum absolute atomic E-state index is 0. The molecule has 1 aromatic carbocycles. The highest BCUT2D eigenvalue weighted by atomic mass is 35.5. The summed E-state index contributed by atoms with van der Waals surface area (Å²) in [7, 11) is 0. The monoisotopic (exact) mass is 273 g/mol. The van der Waals surface area contributed by atoms with Crippen molar-refractivity contribution < 1.29 is 9.50 Å². The highest BCUT2D eigenvalue weighted by Gasteiger charge is 2.30. The Bertz CT molecular complexity index is 357. The van der Waals surface area contributed by atoms with Gasteiger partial charge in [0.25, 0.3) is 0 Å². The number of benzene rings is 1. The molecule has 0 aliphatic heterocycles. The Balaban J connectivity index is 0.00000162. The van der Waals surface area contributed by atoms with Crippen LogP contribution in [0.4, 0.5) is 4.39 Å². The molecule has 0 amide bonds. The first-order valence-corrected chi connectivity index (χ1v) is 6.36. The van der Waals surface area contributed by atoms with Crippen molar-refractivity contribution in [1.82, 2.24) is 0 Å². The Hall–Kier alpha value is -0.640. The summed E-state index contributed by atoms with van der Waals surface area (Å²) < 4.78 is 12.9. The summed E-state index contributed by atoms with van der Waals surface area (Å²) in [5, 5.41) is 10.1. The number of hydrogen-bond donors (Lipinski definition) is 2. The maximum Gasteiger partial charge on any atom is 0.123 e. The van der Waals surface area contributed by atoms with E-state index in [9.17, 15) is 9.50 Å².